The van der Waals surface area contributed by atoms with Crippen LogP contribution in [0.3, 0.4) is 0 Å². The number of benzene rings is 1. The first-order valence-corrected chi connectivity index (χ1v) is 7.00. The summed E-state index contributed by atoms with van der Waals surface area (Å²) in [7, 11) is 0. The number of halogens is 1. The minimum Gasteiger partial charge on any atom is -0.507 e. The third kappa shape index (κ3) is 2.00. The summed E-state index contributed by atoms with van der Waals surface area (Å²) in [6.07, 6.45) is 4.62. The van der Waals surface area contributed by atoms with Crippen molar-refractivity contribution in [2.75, 3.05) is 6.54 Å². The van der Waals surface area contributed by atoms with Crippen molar-refractivity contribution in [1.29, 1.82) is 0 Å². The number of phenols is 1. The monoisotopic (exact) mass is 297 g/mol. The molecule has 0 radical (unpaired) electrons. The maximum absolute atomic E-state index is 10.4. The molecule has 17 heavy (non-hydrogen) atoms. The van der Waals surface area contributed by atoms with Crippen molar-refractivity contribution in [2.24, 2.45) is 5.73 Å². The van der Waals surface area contributed by atoms with Gasteiger partial charge in [-0.15, -0.1) is 0 Å². The van der Waals surface area contributed by atoms with Crippen molar-refractivity contribution < 1.29 is 5.11 Å². The second kappa shape index (κ2) is 4.62. The van der Waals surface area contributed by atoms with Gasteiger partial charge in [0.25, 0.3) is 0 Å². The molecule has 0 bridgehead atoms. The van der Waals surface area contributed by atoms with Crippen LogP contribution in [0.25, 0.3) is 0 Å². The van der Waals surface area contributed by atoms with Crippen LogP contribution in [0.1, 0.15) is 42.4 Å². The zero-order chi connectivity index (χ0) is 12.6. The summed E-state index contributed by atoms with van der Waals surface area (Å²) in [4.78, 5) is 0. The summed E-state index contributed by atoms with van der Waals surface area (Å²) in [6.45, 7) is 4.64. The van der Waals surface area contributed by atoms with Crippen molar-refractivity contribution in [3.8, 4) is 5.75 Å². The highest BCUT2D eigenvalue weighted by Gasteiger charge is 2.38. The van der Waals surface area contributed by atoms with Gasteiger partial charge in [-0.05, 0) is 38.3 Å². The molecule has 2 rings (SSSR count). The number of phenolic OH excluding ortho intramolecular Hbond substituents is 1. The minimum absolute atomic E-state index is 0.000370. The standard InChI is InChI=1S/C14H20BrNO/c1-9-7-11(15)10(2)13(17)12(9)14(8-16)5-3-4-6-14/h7,17H,3-6,8,16H2,1-2H3. The first-order valence-electron chi connectivity index (χ1n) is 6.21. The summed E-state index contributed by atoms with van der Waals surface area (Å²) < 4.78 is 0.974. The molecule has 2 nitrogen and oxygen atoms in total. The normalized spacial score (nSPS) is 18.6. The lowest BCUT2D eigenvalue weighted by molar-refractivity contribution is 0.401. The smallest absolute Gasteiger partial charge is 0.123 e. The Balaban J connectivity index is 2.62. The lowest BCUT2D eigenvalue weighted by Crippen LogP contribution is -2.33. The van der Waals surface area contributed by atoms with Crippen molar-refractivity contribution in [3.63, 3.8) is 0 Å². The van der Waals surface area contributed by atoms with Crippen LogP contribution in [-0.2, 0) is 5.41 Å². The lowest BCUT2D eigenvalue weighted by atomic mass is 9.76. The molecule has 0 aliphatic heterocycles. The average Bonchev–Trinajstić information content (AvgIpc) is 2.76. The molecular formula is C14H20BrNO. The van der Waals surface area contributed by atoms with Gasteiger partial charge < -0.3 is 10.8 Å². The van der Waals surface area contributed by atoms with Gasteiger partial charge in [0.05, 0.1) is 0 Å². The van der Waals surface area contributed by atoms with Gasteiger partial charge in [-0.2, -0.15) is 0 Å². The van der Waals surface area contributed by atoms with Gasteiger partial charge in [-0.3, -0.25) is 0 Å². The Bertz CT molecular complexity index is 436. The van der Waals surface area contributed by atoms with E-state index in [-0.39, 0.29) is 5.41 Å². The first kappa shape index (κ1) is 12.9. The Labute approximate surface area is 111 Å². The van der Waals surface area contributed by atoms with Crippen LogP contribution in [0.4, 0.5) is 0 Å². The van der Waals surface area contributed by atoms with E-state index in [0.29, 0.717) is 12.3 Å². The van der Waals surface area contributed by atoms with E-state index < -0.39 is 0 Å². The van der Waals surface area contributed by atoms with Gasteiger partial charge in [0.1, 0.15) is 5.75 Å². The van der Waals surface area contributed by atoms with Gasteiger partial charge in [0, 0.05) is 27.6 Å². The van der Waals surface area contributed by atoms with E-state index in [1.165, 1.54) is 12.8 Å². The third-order valence-corrected chi connectivity index (χ3v) is 4.99. The van der Waals surface area contributed by atoms with E-state index in [2.05, 4.69) is 28.9 Å². The Morgan fingerprint density at radius 2 is 1.94 bits per heavy atom. The van der Waals surface area contributed by atoms with Gasteiger partial charge >= 0.3 is 0 Å². The lowest BCUT2D eigenvalue weighted by Gasteiger charge is -2.31. The number of rotatable bonds is 2. The fourth-order valence-corrected chi connectivity index (χ4v) is 3.67. The molecular weight excluding hydrogens is 278 g/mol. The number of aromatic hydroxyl groups is 1. The van der Waals surface area contributed by atoms with Gasteiger partial charge in [0.2, 0.25) is 0 Å². The quantitative estimate of drug-likeness (QED) is 0.877. The molecule has 1 aromatic rings. The van der Waals surface area contributed by atoms with Crippen molar-refractivity contribution in [1.82, 2.24) is 0 Å². The highest BCUT2D eigenvalue weighted by molar-refractivity contribution is 9.10. The second-order valence-electron chi connectivity index (χ2n) is 5.22. The number of aryl methyl sites for hydroxylation is 1. The third-order valence-electron chi connectivity index (χ3n) is 4.17. The van der Waals surface area contributed by atoms with E-state index in [9.17, 15) is 5.11 Å². The predicted octanol–water partition coefficient (Wildman–Crippen LogP) is 3.54. The Morgan fingerprint density at radius 1 is 1.35 bits per heavy atom. The van der Waals surface area contributed by atoms with Gasteiger partial charge in [0.15, 0.2) is 0 Å². The summed E-state index contributed by atoms with van der Waals surface area (Å²) in [5.41, 5.74) is 9.15. The maximum Gasteiger partial charge on any atom is 0.123 e. The molecule has 0 unspecified atom stereocenters. The topological polar surface area (TPSA) is 46.2 Å². The van der Waals surface area contributed by atoms with Gasteiger partial charge in [-0.1, -0.05) is 28.8 Å². The van der Waals surface area contributed by atoms with Crippen LogP contribution in [0.2, 0.25) is 0 Å². The fraction of sp³-hybridized carbons (Fsp3) is 0.571. The highest BCUT2D eigenvalue weighted by atomic mass is 79.9. The molecule has 0 atom stereocenters. The molecule has 3 heteroatoms. The molecule has 0 amide bonds. The fourth-order valence-electron chi connectivity index (χ4n) is 3.14. The molecule has 0 aromatic heterocycles. The zero-order valence-electron chi connectivity index (χ0n) is 10.5. The Kier molecular flexibility index (Phi) is 3.50. The maximum atomic E-state index is 10.4. The van der Waals surface area contributed by atoms with Crippen molar-refractivity contribution in [3.05, 3.63) is 27.2 Å². The predicted molar refractivity (Wildman–Crippen MR) is 74.5 cm³/mol. The Hall–Kier alpha value is -0.540. The van der Waals surface area contributed by atoms with E-state index >= 15 is 0 Å². The number of nitrogens with two attached hydrogens (primary N) is 1. The minimum atomic E-state index is -0.000370. The molecule has 94 valence electrons. The summed E-state index contributed by atoms with van der Waals surface area (Å²) in [5.74, 6) is 0.434. The molecule has 0 saturated heterocycles. The molecule has 3 N–H and O–H groups in total. The molecule has 1 fully saturated rings. The SMILES string of the molecule is Cc1cc(Br)c(C)c(O)c1C1(CN)CCCC1. The summed E-state index contributed by atoms with van der Waals surface area (Å²) in [6, 6.07) is 2.10. The van der Waals surface area contributed by atoms with Crippen LogP contribution in [0.15, 0.2) is 10.5 Å². The van der Waals surface area contributed by atoms with Crippen molar-refractivity contribution >= 4 is 15.9 Å². The second-order valence-corrected chi connectivity index (χ2v) is 6.07. The van der Waals surface area contributed by atoms with Crippen LogP contribution >= 0.6 is 15.9 Å². The largest absolute Gasteiger partial charge is 0.507 e. The molecule has 1 aliphatic rings. The first-order chi connectivity index (χ1) is 8.02. The molecule has 0 spiro atoms. The number of hydrogen-bond acceptors (Lipinski definition) is 2. The highest BCUT2D eigenvalue weighted by Crippen LogP contribution is 2.47. The zero-order valence-corrected chi connectivity index (χ0v) is 12.1. The van der Waals surface area contributed by atoms with E-state index in [0.717, 1.165) is 34.0 Å². The van der Waals surface area contributed by atoms with E-state index in [1.807, 2.05) is 6.92 Å². The van der Waals surface area contributed by atoms with Gasteiger partial charge in [-0.25, -0.2) is 0 Å². The van der Waals surface area contributed by atoms with Crippen LogP contribution < -0.4 is 5.73 Å². The molecule has 1 aliphatic carbocycles. The molecule has 0 heterocycles. The Morgan fingerprint density at radius 3 is 2.47 bits per heavy atom. The van der Waals surface area contributed by atoms with Crippen LogP contribution in [-0.4, -0.2) is 11.7 Å². The summed E-state index contributed by atoms with van der Waals surface area (Å²) >= 11 is 3.49. The average molecular weight is 298 g/mol. The molecule has 1 saturated carbocycles. The summed E-state index contributed by atoms with van der Waals surface area (Å²) in [5, 5.41) is 10.4. The van der Waals surface area contributed by atoms with Crippen LogP contribution in [0, 0.1) is 13.8 Å². The molecule has 1 aromatic carbocycles. The van der Waals surface area contributed by atoms with Crippen molar-refractivity contribution in [2.45, 2.75) is 44.9 Å². The van der Waals surface area contributed by atoms with E-state index in [1.54, 1.807) is 0 Å². The van der Waals surface area contributed by atoms with E-state index in [4.69, 9.17) is 5.73 Å². The number of hydrogen-bond donors (Lipinski definition) is 2. The van der Waals surface area contributed by atoms with Crippen LogP contribution in [0.5, 0.6) is 5.75 Å².